The summed E-state index contributed by atoms with van der Waals surface area (Å²) in [6.07, 6.45) is 1.51. The highest BCUT2D eigenvalue weighted by Gasteiger charge is 2.33. The molecular weight excluding hydrogens is 130 g/mol. The van der Waals surface area contributed by atoms with E-state index in [0.717, 1.165) is 6.42 Å². The van der Waals surface area contributed by atoms with Crippen molar-refractivity contribution < 1.29 is 9.90 Å². The van der Waals surface area contributed by atoms with E-state index in [1.54, 1.807) is 0 Å². The Labute approximate surface area is 60.2 Å². The number of nitrogens with two attached hydrogens (primary N) is 1. The molecule has 0 heterocycles. The van der Waals surface area contributed by atoms with Crippen molar-refractivity contribution >= 4 is 5.97 Å². The van der Waals surface area contributed by atoms with Gasteiger partial charge in [-0.3, -0.25) is 4.79 Å². The normalized spacial score (nSPS) is 40.0. The summed E-state index contributed by atoms with van der Waals surface area (Å²) in [5.74, 6) is -0.636. The Bertz CT molecular complexity index is 147. The van der Waals surface area contributed by atoms with Crippen LogP contribution in [0.15, 0.2) is 0 Å². The molecule has 0 bridgehead atoms. The Morgan fingerprint density at radius 2 is 2.20 bits per heavy atom. The molecule has 0 aromatic carbocycles. The molecule has 3 nitrogen and oxygen atoms in total. The van der Waals surface area contributed by atoms with Gasteiger partial charge in [-0.05, 0) is 18.8 Å². The Morgan fingerprint density at radius 1 is 1.60 bits per heavy atom. The molecule has 3 unspecified atom stereocenters. The van der Waals surface area contributed by atoms with Crippen LogP contribution < -0.4 is 5.73 Å². The van der Waals surface area contributed by atoms with Gasteiger partial charge < -0.3 is 10.8 Å². The number of aliphatic carboxylic acids is 1. The van der Waals surface area contributed by atoms with Crippen LogP contribution in [0.4, 0.5) is 0 Å². The number of hydrogen-bond donors (Lipinski definition) is 2. The molecule has 1 fully saturated rings. The van der Waals surface area contributed by atoms with Crippen LogP contribution in [0.5, 0.6) is 0 Å². The molecule has 3 heteroatoms. The monoisotopic (exact) mass is 143 g/mol. The second kappa shape index (κ2) is 2.58. The van der Waals surface area contributed by atoms with E-state index in [-0.39, 0.29) is 17.9 Å². The summed E-state index contributed by atoms with van der Waals surface area (Å²) in [4.78, 5) is 10.5. The Morgan fingerprint density at radius 3 is 2.40 bits per heavy atom. The number of carboxylic acid groups (broad SMARTS) is 1. The molecule has 58 valence electrons. The van der Waals surface area contributed by atoms with Crippen LogP contribution in [0.1, 0.15) is 19.8 Å². The third-order valence-electron chi connectivity index (χ3n) is 2.24. The minimum absolute atomic E-state index is 0.107. The predicted molar refractivity (Wildman–Crippen MR) is 37.5 cm³/mol. The van der Waals surface area contributed by atoms with Crippen molar-refractivity contribution in [2.45, 2.75) is 25.8 Å². The van der Waals surface area contributed by atoms with Crippen molar-refractivity contribution in [3.8, 4) is 0 Å². The van der Waals surface area contributed by atoms with Crippen LogP contribution >= 0.6 is 0 Å². The van der Waals surface area contributed by atoms with Crippen molar-refractivity contribution in [1.82, 2.24) is 0 Å². The quantitative estimate of drug-likeness (QED) is 0.560. The number of rotatable bonds is 1. The van der Waals surface area contributed by atoms with E-state index in [1.807, 2.05) is 6.92 Å². The van der Waals surface area contributed by atoms with Crippen LogP contribution in [0, 0.1) is 11.8 Å². The van der Waals surface area contributed by atoms with Crippen LogP contribution in [0.3, 0.4) is 0 Å². The van der Waals surface area contributed by atoms with Gasteiger partial charge in [0.25, 0.3) is 0 Å². The van der Waals surface area contributed by atoms with Crippen molar-refractivity contribution in [2.75, 3.05) is 0 Å². The van der Waals surface area contributed by atoms with Crippen molar-refractivity contribution in [1.29, 1.82) is 0 Å². The maximum absolute atomic E-state index is 10.5. The fourth-order valence-corrected chi connectivity index (χ4v) is 1.64. The second-order valence-electron chi connectivity index (χ2n) is 3.15. The third-order valence-corrected chi connectivity index (χ3v) is 2.24. The zero-order valence-electron chi connectivity index (χ0n) is 6.08. The minimum Gasteiger partial charge on any atom is -0.481 e. The lowest BCUT2D eigenvalue weighted by molar-refractivity contribution is -0.142. The first kappa shape index (κ1) is 7.54. The second-order valence-corrected chi connectivity index (χ2v) is 3.15. The molecule has 0 spiro atoms. The van der Waals surface area contributed by atoms with Crippen molar-refractivity contribution in [3.63, 3.8) is 0 Å². The van der Waals surface area contributed by atoms with Crippen LogP contribution in [-0.4, -0.2) is 17.1 Å². The van der Waals surface area contributed by atoms with E-state index >= 15 is 0 Å². The number of carboxylic acids is 1. The van der Waals surface area contributed by atoms with Crippen molar-refractivity contribution in [2.24, 2.45) is 17.6 Å². The zero-order valence-corrected chi connectivity index (χ0v) is 6.08. The van der Waals surface area contributed by atoms with E-state index in [9.17, 15) is 4.79 Å². The van der Waals surface area contributed by atoms with Gasteiger partial charge in [-0.2, -0.15) is 0 Å². The summed E-state index contributed by atoms with van der Waals surface area (Å²) in [6, 6.07) is 0.107. The lowest BCUT2D eigenvalue weighted by Gasteiger charge is -2.07. The topological polar surface area (TPSA) is 63.3 Å². The molecule has 1 saturated carbocycles. The molecule has 3 N–H and O–H groups in total. The lowest BCUT2D eigenvalue weighted by Crippen LogP contribution is -2.18. The SMILES string of the molecule is CC1CC(N)CC1C(=O)O. The van der Waals surface area contributed by atoms with E-state index in [0.29, 0.717) is 6.42 Å². The highest BCUT2D eigenvalue weighted by molar-refractivity contribution is 5.70. The molecule has 0 aliphatic heterocycles. The number of carbonyl (C=O) groups is 1. The van der Waals surface area contributed by atoms with Crippen LogP contribution in [0.2, 0.25) is 0 Å². The van der Waals surface area contributed by atoms with Gasteiger partial charge in [0.1, 0.15) is 0 Å². The van der Waals surface area contributed by atoms with Gasteiger partial charge in [0, 0.05) is 6.04 Å². The standard InChI is InChI=1S/C7H13NO2/c1-4-2-5(8)3-6(4)7(9)10/h4-6H,2-3,8H2,1H3,(H,9,10). The average Bonchev–Trinajstić information content (AvgIpc) is 2.10. The highest BCUT2D eigenvalue weighted by atomic mass is 16.4. The molecule has 1 aliphatic carbocycles. The van der Waals surface area contributed by atoms with Gasteiger partial charge >= 0.3 is 5.97 Å². The highest BCUT2D eigenvalue weighted by Crippen LogP contribution is 2.30. The molecule has 0 radical (unpaired) electrons. The van der Waals surface area contributed by atoms with Crippen LogP contribution in [0.25, 0.3) is 0 Å². The van der Waals surface area contributed by atoms with Gasteiger partial charge in [-0.15, -0.1) is 0 Å². The first-order valence-corrected chi connectivity index (χ1v) is 3.59. The molecule has 0 saturated heterocycles. The zero-order chi connectivity index (χ0) is 7.72. The predicted octanol–water partition coefficient (Wildman–Crippen LogP) is 0.444. The first-order chi connectivity index (χ1) is 4.61. The Balaban J connectivity index is 2.54. The van der Waals surface area contributed by atoms with Gasteiger partial charge in [-0.1, -0.05) is 6.92 Å². The number of hydrogen-bond acceptors (Lipinski definition) is 2. The molecular formula is C7H13NO2. The van der Waals surface area contributed by atoms with E-state index in [4.69, 9.17) is 10.8 Å². The summed E-state index contributed by atoms with van der Waals surface area (Å²) in [5, 5.41) is 8.65. The van der Waals surface area contributed by atoms with Gasteiger partial charge in [0.2, 0.25) is 0 Å². The molecule has 1 aliphatic rings. The summed E-state index contributed by atoms with van der Waals surface area (Å²) in [7, 11) is 0. The molecule has 0 aromatic rings. The lowest BCUT2D eigenvalue weighted by atomic mass is 9.99. The molecule has 0 aromatic heterocycles. The first-order valence-electron chi connectivity index (χ1n) is 3.59. The van der Waals surface area contributed by atoms with Crippen LogP contribution in [-0.2, 0) is 4.79 Å². The molecule has 3 atom stereocenters. The Kier molecular flexibility index (Phi) is 1.94. The van der Waals surface area contributed by atoms with E-state index < -0.39 is 5.97 Å². The van der Waals surface area contributed by atoms with E-state index in [1.165, 1.54) is 0 Å². The molecule has 0 amide bonds. The maximum atomic E-state index is 10.5. The smallest absolute Gasteiger partial charge is 0.306 e. The van der Waals surface area contributed by atoms with Gasteiger partial charge in [0.15, 0.2) is 0 Å². The summed E-state index contributed by atoms with van der Waals surface area (Å²) < 4.78 is 0. The molecule has 10 heavy (non-hydrogen) atoms. The summed E-state index contributed by atoms with van der Waals surface area (Å²) in [5.41, 5.74) is 5.59. The summed E-state index contributed by atoms with van der Waals surface area (Å²) in [6.45, 7) is 1.95. The van der Waals surface area contributed by atoms with Crippen molar-refractivity contribution in [3.05, 3.63) is 0 Å². The minimum atomic E-state index is -0.694. The van der Waals surface area contributed by atoms with Gasteiger partial charge in [0.05, 0.1) is 5.92 Å². The van der Waals surface area contributed by atoms with E-state index in [2.05, 4.69) is 0 Å². The summed E-state index contributed by atoms with van der Waals surface area (Å²) >= 11 is 0. The fraction of sp³-hybridized carbons (Fsp3) is 0.857. The average molecular weight is 143 g/mol. The largest absolute Gasteiger partial charge is 0.481 e. The molecule has 1 rings (SSSR count). The maximum Gasteiger partial charge on any atom is 0.306 e. The Hall–Kier alpha value is -0.570. The fourth-order valence-electron chi connectivity index (χ4n) is 1.64. The third kappa shape index (κ3) is 1.29. The van der Waals surface area contributed by atoms with Gasteiger partial charge in [-0.25, -0.2) is 0 Å².